The summed E-state index contributed by atoms with van der Waals surface area (Å²) >= 11 is 5.20. The Hall–Kier alpha value is -0.710. The highest BCUT2D eigenvalue weighted by molar-refractivity contribution is 9.10. The van der Waals surface area contributed by atoms with Crippen LogP contribution in [-0.2, 0) is 13.1 Å². The molecule has 0 bridgehead atoms. The number of nitrogens with zero attached hydrogens (tertiary/aromatic N) is 1. The smallest absolute Gasteiger partial charge is 0.107 e. The summed E-state index contributed by atoms with van der Waals surface area (Å²) in [5.74, 6) is 0. The van der Waals surface area contributed by atoms with Crippen LogP contribution in [0.1, 0.15) is 21.1 Å². The molecule has 0 fully saturated rings. The molecule has 0 aliphatic carbocycles. The SMILES string of the molecule is Cc1nc(CNCc2ccc(Br)cc2)sc1C. The lowest BCUT2D eigenvalue weighted by molar-refractivity contribution is 0.689. The summed E-state index contributed by atoms with van der Waals surface area (Å²) in [5.41, 5.74) is 2.44. The van der Waals surface area contributed by atoms with Crippen LogP contribution < -0.4 is 5.32 Å². The highest BCUT2D eigenvalue weighted by Crippen LogP contribution is 2.16. The van der Waals surface area contributed by atoms with Gasteiger partial charge < -0.3 is 5.32 Å². The normalized spacial score (nSPS) is 10.8. The van der Waals surface area contributed by atoms with E-state index in [9.17, 15) is 0 Å². The van der Waals surface area contributed by atoms with Crippen molar-refractivity contribution in [3.05, 3.63) is 49.9 Å². The van der Waals surface area contributed by atoms with E-state index in [0.717, 1.165) is 28.3 Å². The second-order valence-corrected chi connectivity index (χ2v) is 6.18. The van der Waals surface area contributed by atoms with Crippen LogP contribution in [0.3, 0.4) is 0 Å². The molecule has 0 amide bonds. The molecule has 2 aromatic rings. The third kappa shape index (κ3) is 3.63. The minimum atomic E-state index is 0.843. The molecule has 0 unspecified atom stereocenters. The van der Waals surface area contributed by atoms with Gasteiger partial charge in [-0.15, -0.1) is 11.3 Å². The van der Waals surface area contributed by atoms with Crippen molar-refractivity contribution in [3.8, 4) is 0 Å². The molecule has 17 heavy (non-hydrogen) atoms. The Bertz CT molecular complexity index is 471. The topological polar surface area (TPSA) is 24.9 Å². The van der Waals surface area contributed by atoms with Gasteiger partial charge in [-0.05, 0) is 31.5 Å². The zero-order valence-corrected chi connectivity index (χ0v) is 12.4. The van der Waals surface area contributed by atoms with Gasteiger partial charge in [0.25, 0.3) is 0 Å². The van der Waals surface area contributed by atoms with Gasteiger partial charge in [-0.3, -0.25) is 0 Å². The molecule has 0 aliphatic heterocycles. The Morgan fingerprint density at radius 3 is 2.47 bits per heavy atom. The lowest BCUT2D eigenvalue weighted by Crippen LogP contribution is -2.12. The standard InChI is InChI=1S/C13H15BrN2S/c1-9-10(2)17-13(16-9)8-15-7-11-3-5-12(14)6-4-11/h3-6,15H,7-8H2,1-2H3. The van der Waals surface area contributed by atoms with E-state index in [1.165, 1.54) is 10.4 Å². The largest absolute Gasteiger partial charge is 0.306 e. The molecule has 2 rings (SSSR count). The summed E-state index contributed by atoms with van der Waals surface area (Å²) in [6.07, 6.45) is 0. The summed E-state index contributed by atoms with van der Waals surface area (Å²) in [4.78, 5) is 5.81. The number of hydrogen-bond donors (Lipinski definition) is 1. The second kappa shape index (κ2) is 5.76. The van der Waals surface area contributed by atoms with Crippen molar-refractivity contribution in [2.24, 2.45) is 0 Å². The molecule has 0 atom stereocenters. The van der Waals surface area contributed by atoms with Gasteiger partial charge in [0.05, 0.1) is 5.69 Å². The maximum atomic E-state index is 4.50. The van der Waals surface area contributed by atoms with Crippen LogP contribution in [-0.4, -0.2) is 4.98 Å². The number of thiazole rings is 1. The quantitative estimate of drug-likeness (QED) is 0.928. The number of nitrogens with one attached hydrogen (secondary N) is 1. The Labute approximate surface area is 114 Å². The maximum absolute atomic E-state index is 4.50. The Balaban J connectivity index is 1.85. The van der Waals surface area contributed by atoms with Crippen molar-refractivity contribution >= 4 is 27.3 Å². The van der Waals surface area contributed by atoms with Gasteiger partial charge in [-0.25, -0.2) is 4.98 Å². The molecule has 1 aromatic carbocycles. The average Bonchev–Trinajstić information content (AvgIpc) is 2.61. The Kier molecular flexibility index (Phi) is 4.31. The van der Waals surface area contributed by atoms with Crippen molar-refractivity contribution in [1.82, 2.24) is 10.3 Å². The van der Waals surface area contributed by atoms with Gasteiger partial charge in [0, 0.05) is 22.4 Å². The van der Waals surface area contributed by atoms with Gasteiger partial charge in [-0.1, -0.05) is 28.1 Å². The molecule has 1 aromatic heterocycles. The molecule has 0 spiro atoms. The van der Waals surface area contributed by atoms with Crippen molar-refractivity contribution in [2.75, 3.05) is 0 Å². The van der Waals surface area contributed by atoms with E-state index in [1.807, 2.05) is 0 Å². The minimum absolute atomic E-state index is 0.843. The lowest BCUT2D eigenvalue weighted by atomic mass is 10.2. The molecule has 0 aliphatic rings. The number of hydrogen-bond acceptors (Lipinski definition) is 3. The number of aromatic nitrogens is 1. The summed E-state index contributed by atoms with van der Waals surface area (Å²) in [7, 11) is 0. The first-order chi connectivity index (χ1) is 8.15. The van der Waals surface area contributed by atoms with E-state index in [-0.39, 0.29) is 0 Å². The fraction of sp³-hybridized carbons (Fsp3) is 0.308. The molecule has 0 radical (unpaired) electrons. The third-order valence-electron chi connectivity index (χ3n) is 2.59. The first kappa shape index (κ1) is 12.7. The van der Waals surface area contributed by atoms with Crippen molar-refractivity contribution < 1.29 is 0 Å². The molecule has 1 heterocycles. The number of benzene rings is 1. The average molecular weight is 311 g/mol. The Morgan fingerprint density at radius 1 is 1.18 bits per heavy atom. The molecule has 0 saturated carbocycles. The molecule has 2 nitrogen and oxygen atoms in total. The van der Waals surface area contributed by atoms with E-state index in [1.54, 1.807) is 11.3 Å². The summed E-state index contributed by atoms with van der Waals surface area (Å²) in [6.45, 7) is 5.90. The van der Waals surface area contributed by atoms with Crippen LogP contribution in [0.25, 0.3) is 0 Å². The third-order valence-corrected chi connectivity index (χ3v) is 4.19. The highest BCUT2D eigenvalue weighted by Gasteiger charge is 2.02. The van der Waals surface area contributed by atoms with Crippen LogP contribution in [0.2, 0.25) is 0 Å². The van der Waals surface area contributed by atoms with Crippen LogP contribution >= 0.6 is 27.3 Å². The molecular weight excluding hydrogens is 296 g/mol. The Morgan fingerprint density at radius 2 is 1.88 bits per heavy atom. The van der Waals surface area contributed by atoms with Crippen molar-refractivity contribution in [1.29, 1.82) is 0 Å². The maximum Gasteiger partial charge on any atom is 0.107 e. The molecule has 1 N–H and O–H groups in total. The van der Waals surface area contributed by atoms with Crippen LogP contribution in [0.4, 0.5) is 0 Å². The van der Waals surface area contributed by atoms with Gasteiger partial charge in [-0.2, -0.15) is 0 Å². The highest BCUT2D eigenvalue weighted by atomic mass is 79.9. The van der Waals surface area contributed by atoms with Crippen molar-refractivity contribution in [2.45, 2.75) is 26.9 Å². The number of halogens is 1. The molecular formula is C13H15BrN2S. The minimum Gasteiger partial charge on any atom is -0.306 e. The fourth-order valence-electron chi connectivity index (χ4n) is 1.53. The summed E-state index contributed by atoms with van der Waals surface area (Å²) < 4.78 is 1.12. The zero-order chi connectivity index (χ0) is 12.3. The first-order valence-corrected chi connectivity index (χ1v) is 7.14. The summed E-state index contributed by atoms with van der Waals surface area (Å²) in [5, 5.41) is 4.57. The molecule has 0 saturated heterocycles. The first-order valence-electron chi connectivity index (χ1n) is 5.53. The van der Waals surface area contributed by atoms with E-state index in [2.05, 4.69) is 64.3 Å². The monoisotopic (exact) mass is 310 g/mol. The van der Waals surface area contributed by atoms with Gasteiger partial charge in [0.1, 0.15) is 5.01 Å². The number of rotatable bonds is 4. The predicted molar refractivity (Wildman–Crippen MR) is 76.3 cm³/mol. The lowest BCUT2D eigenvalue weighted by Gasteiger charge is -2.02. The van der Waals surface area contributed by atoms with Crippen LogP contribution in [0, 0.1) is 13.8 Å². The van der Waals surface area contributed by atoms with Crippen molar-refractivity contribution in [3.63, 3.8) is 0 Å². The fourth-order valence-corrected chi connectivity index (χ4v) is 2.70. The predicted octanol–water partition coefficient (Wildman–Crippen LogP) is 3.81. The number of aryl methyl sites for hydroxylation is 2. The summed E-state index contributed by atoms with van der Waals surface area (Å²) in [6, 6.07) is 8.37. The van der Waals surface area contributed by atoms with Gasteiger partial charge in [0.2, 0.25) is 0 Å². The van der Waals surface area contributed by atoms with E-state index < -0.39 is 0 Å². The molecule has 90 valence electrons. The van der Waals surface area contributed by atoms with E-state index in [0.29, 0.717) is 0 Å². The van der Waals surface area contributed by atoms with Crippen LogP contribution in [0.5, 0.6) is 0 Å². The zero-order valence-electron chi connectivity index (χ0n) is 9.96. The van der Waals surface area contributed by atoms with Crippen LogP contribution in [0.15, 0.2) is 28.7 Å². The molecule has 4 heteroatoms. The van der Waals surface area contributed by atoms with Gasteiger partial charge in [0.15, 0.2) is 0 Å². The van der Waals surface area contributed by atoms with Gasteiger partial charge >= 0.3 is 0 Å². The van der Waals surface area contributed by atoms with E-state index in [4.69, 9.17) is 0 Å². The second-order valence-electron chi connectivity index (χ2n) is 3.98. The van der Waals surface area contributed by atoms with E-state index >= 15 is 0 Å².